The summed E-state index contributed by atoms with van der Waals surface area (Å²) in [5.41, 5.74) is 1.04. The van der Waals surface area contributed by atoms with Crippen LogP contribution in [0.2, 0.25) is 0 Å². The smallest absolute Gasteiger partial charge is 0.325 e. The van der Waals surface area contributed by atoms with E-state index in [1.165, 1.54) is 12.1 Å². The Morgan fingerprint density at radius 3 is 2.20 bits per heavy atom. The fraction of sp³-hybridized carbons (Fsp3) is 0.242. The van der Waals surface area contributed by atoms with Crippen LogP contribution in [-0.2, 0) is 27.2 Å². The van der Waals surface area contributed by atoms with Crippen LogP contribution in [0.15, 0.2) is 84.9 Å². The van der Waals surface area contributed by atoms with Crippen molar-refractivity contribution >= 4 is 34.2 Å². The number of benzene rings is 4. The summed E-state index contributed by atoms with van der Waals surface area (Å²) < 4.78 is 5.57. The number of hydrogen-bond donors (Lipinski definition) is 3. The minimum atomic E-state index is -1.78. The molecule has 2 aliphatic rings. The first kappa shape index (κ1) is 26.5. The number of methoxy groups -OCH3 is 1. The van der Waals surface area contributed by atoms with Crippen molar-refractivity contribution in [3.8, 4) is 11.5 Å². The Morgan fingerprint density at radius 2 is 1.56 bits per heavy atom. The standard InChI is InChI=1S/C33H30N2O6/c1-3-19-8-12-21(13-9-19)35-30(37)27-28(31(35)38)33(32(39)40,18-20-10-14-22(36)15-11-20)34-29(27)25-16-17-26(41-2)24-7-5-4-6-23(24)25/h4-17,27-29,34,36H,3,18H2,1-2H3,(H,39,40). The topological polar surface area (TPSA) is 116 Å². The molecule has 6 rings (SSSR count). The molecule has 8 nitrogen and oxygen atoms in total. The monoisotopic (exact) mass is 550 g/mol. The molecule has 208 valence electrons. The first-order valence-electron chi connectivity index (χ1n) is 13.6. The van der Waals surface area contributed by atoms with Crippen LogP contribution in [0.4, 0.5) is 5.69 Å². The summed E-state index contributed by atoms with van der Waals surface area (Å²) >= 11 is 0. The van der Waals surface area contributed by atoms with E-state index in [2.05, 4.69) is 5.32 Å². The molecule has 4 atom stereocenters. The third kappa shape index (κ3) is 4.14. The molecule has 41 heavy (non-hydrogen) atoms. The Hall–Kier alpha value is -4.69. The van der Waals surface area contributed by atoms with E-state index in [9.17, 15) is 24.6 Å². The first-order chi connectivity index (χ1) is 19.8. The lowest BCUT2D eigenvalue weighted by atomic mass is 9.76. The van der Waals surface area contributed by atoms with Crippen molar-refractivity contribution in [3.63, 3.8) is 0 Å². The lowest BCUT2D eigenvalue weighted by molar-refractivity contribution is -0.148. The number of phenolic OH excluding ortho intramolecular Hbond substituents is 1. The second-order valence-electron chi connectivity index (χ2n) is 10.7. The highest BCUT2D eigenvalue weighted by atomic mass is 16.5. The Labute approximate surface area is 237 Å². The molecule has 4 aromatic rings. The van der Waals surface area contributed by atoms with Crippen LogP contribution in [0.3, 0.4) is 0 Å². The minimum Gasteiger partial charge on any atom is -0.508 e. The minimum absolute atomic E-state index is 0.0479. The number of amides is 2. The van der Waals surface area contributed by atoms with Gasteiger partial charge in [-0.2, -0.15) is 0 Å². The second-order valence-corrected chi connectivity index (χ2v) is 10.7. The van der Waals surface area contributed by atoms with Crippen molar-refractivity contribution in [3.05, 3.63) is 102 Å². The average Bonchev–Trinajstić information content (AvgIpc) is 3.47. The predicted octanol–water partition coefficient (Wildman–Crippen LogP) is 4.63. The lowest BCUT2D eigenvalue weighted by Crippen LogP contribution is -2.57. The van der Waals surface area contributed by atoms with Gasteiger partial charge in [0.2, 0.25) is 11.8 Å². The number of carbonyl (C=O) groups excluding carboxylic acids is 2. The quantitative estimate of drug-likeness (QED) is 0.287. The van der Waals surface area contributed by atoms with Gasteiger partial charge >= 0.3 is 5.97 Å². The van der Waals surface area contributed by atoms with Crippen LogP contribution in [0.25, 0.3) is 10.8 Å². The number of carboxylic acid groups (broad SMARTS) is 1. The fourth-order valence-electron chi connectivity index (χ4n) is 6.52. The molecule has 0 aliphatic carbocycles. The molecule has 2 fully saturated rings. The molecule has 0 spiro atoms. The molecule has 4 unspecified atom stereocenters. The van der Waals surface area contributed by atoms with Gasteiger partial charge in [-0.1, -0.05) is 61.5 Å². The van der Waals surface area contributed by atoms with Gasteiger partial charge in [-0.3, -0.25) is 19.7 Å². The van der Waals surface area contributed by atoms with Crippen molar-refractivity contribution in [1.82, 2.24) is 5.32 Å². The van der Waals surface area contributed by atoms with Crippen molar-refractivity contribution in [1.29, 1.82) is 0 Å². The summed E-state index contributed by atoms with van der Waals surface area (Å²) in [4.78, 5) is 42.8. The summed E-state index contributed by atoms with van der Waals surface area (Å²) in [5.74, 6) is -3.62. The molecule has 0 radical (unpaired) electrons. The van der Waals surface area contributed by atoms with Crippen LogP contribution in [-0.4, -0.2) is 40.6 Å². The van der Waals surface area contributed by atoms with Gasteiger partial charge < -0.3 is 14.9 Å². The molecule has 3 N–H and O–H groups in total. The molecule has 4 aromatic carbocycles. The number of rotatable bonds is 7. The maximum absolute atomic E-state index is 14.2. The number of carbonyl (C=O) groups is 3. The average molecular weight is 551 g/mol. The first-order valence-corrected chi connectivity index (χ1v) is 13.6. The summed E-state index contributed by atoms with van der Waals surface area (Å²) in [7, 11) is 1.58. The number of nitrogens with one attached hydrogen (secondary N) is 1. The van der Waals surface area contributed by atoms with E-state index >= 15 is 0 Å². The van der Waals surface area contributed by atoms with E-state index in [0.29, 0.717) is 17.0 Å². The Balaban J connectivity index is 1.54. The molecule has 2 aliphatic heterocycles. The molecule has 2 saturated heterocycles. The molecule has 2 amide bonds. The molecule has 8 heteroatoms. The SMILES string of the molecule is CCc1ccc(N2C(=O)C3C(c4ccc(OC)c5ccccc45)NC(Cc4ccc(O)cc4)(C(=O)O)C3C2=O)cc1. The largest absolute Gasteiger partial charge is 0.508 e. The van der Waals surface area contributed by atoms with E-state index in [-0.39, 0.29) is 12.2 Å². The Morgan fingerprint density at radius 1 is 0.902 bits per heavy atom. The fourth-order valence-corrected chi connectivity index (χ4v) is 6.52. The molecule has 0 aromatic heterocycles. The summed E-state index contributed by atoms with van der Waals surface area (Å²) in [6.07, 6.45) is 0.745. The zero-order valence-electron chi connectivity index (χ0n) is 22.7. The van der Waals surface area contributed by atoms with Crippen LogP contribution in [0.5, 0.6) is 11.5 Å². The zero-order valence-corrected chi connectivity index (χ0v) is 22.7. The second kappa shape index (κ2) is 10.1. The van der Waals surface area contributed by atoms with E-state index in [0.717, 1.165) is 33.2 Å². The van der Waals surface area contributed by atoms with Gasteiger partial charge in [-0.05, 0) is 58.8 Å². The molecule has 0 saturated carbocycles. The van der Waals surface area contributed by atoms with Crippen molar-refractivity contribution < 1.29 is 29.3 Å². The highest BCUT2D eigenvalue weighted by Gasteiger charge is 2.68. The van der Waals surface area contributed by atoms with E-state index in [1.807, 2.05) is 49.4 Å². The van der Waals surface area contributed by atoms with Crippen molar-refractivity contribution in [2.75, 3.05) is 12.0 Å². The highest BCUT2D eigenvalue weighted by Crippen LogP contribution is 2.52. The Kier molecular flexibility index (Phi) is 6.50. The molecule has 2 heterocycles. The number of aromatic hydroxyl groups is 1. The van der Waals surface area contributed by atoms with Crippen LogP contribution >= 0.6 is 0 Å². The third-order valence-corrected chi connectivity index (χ3v) is 8.53. The van der Waals surface area contributed by atoms with Crippen LogP contribution in [0.1, 0.15) is 29.7 Å². The van der Waals surface area contributed by atoms with E-state index in [4.69, 9.17) is 4.74 Å². The number of fused-ring (bicyclic) bond motifs is 2. The van der Waals surface area contributed by atoms with Gasteiger partial charge in [0.1, 0.15) is 17.0 Å². The highest BCUT2D eigenvalue weighted by molar-refractivity contribution is 6.24. The number of carboxylic acids is 1. The van der Waals surface area contributed by atoms with Gasteiger partial charge in [0, 0.05) is 17.8 Å². The third-order valence-electron chi connectivity index (χ3n) is 8.53. The van der Waals surface area contributed by atoms with E-state index < -0.39 is 41.2 Å². The lowest BCUT2D eigenvalue weighted by Gasteiger charge is -2.31. The van der Waals surface area contributed by atoms with E-state index in [1.54, 1.807) is 37.4 Å². The Bertz CT molecular complexity index is 1670. The zero-order chi connectivity index (χ0) is 28.9. The number of phenols is 1. The van der Waals surface area contributed by atoms with Gasteiger partial charge in [0.15, 0.2) is 0 Å². The normalized spacial score (nSPS) is 23.7. The van der Waals surface area contributed by atoms with Gasteiger partial charge in [-0.25, -0.2) is 4.90 Å². The number of nitrogens with zero attached hydrogens (tertiary/aromatic N) is 1. The summed E-state index contributed by atoms with van der Waals surface area (Å²) in [6, 6.07) is 23.9. The number of imide groups is 1. The maximum Gasteiger partial charge on any atom is 0.325 e. The number of aliphatic carboxylic acids is 1. The number of aryl methyl sites for hydroxylation is 1. The van der Waals surface area contributed by atoms with Crippen LogP contribution in [0, 0.1) is 11.8 Å². The molecular weight excluding hydrogens is 520 g/mol. The number of ether oxygens (including phenoxy) is 1. The van der Waals surface area contributed by atoms with Crippen molar-refractivity contribution in [2.45, 2.75) is 31.3 Å². The molecular formula is C33H30N2O6. The number of hydrogen-bond acceptors (Lipinski definition) is 6. The van der Waals surface area contributed by atoms with Gasteiger partial charge in [-0.15, -0.1) is 0 Å². The van der Waals surface area contributed by atoms with Gasteiger partial charge in [0.05, 0.1) is 24.6 Å². The number of anilines is 1. The summed E-state index contributed by atoms with van der Waals surface area (Å²) in [6.45, 7) is 2.02. The summed E-state index contributed by atoms with van der Waals surface area (Å²) in [5, 5.41) is 25.5. The predicted molar refractivity (Wildman–Crippen MR) is 154 cm³/mol. The maximum atomic E-state index is 14.2. The van der Waals surface area contributed by atoms with Crippen LogP contribution < -0.4 is 15.0 Å². The molecule has 0 bridgehead atoms. The van der Waals surface area contributed by atoms with Gasteiger partial charge in [0.25, 0.3) is 0 Å². The van der Waals surface area contributed by atoms with Crippen molar-refractivity contribution in [2.24, 2.45) is 11.8 Å².